The molecule has 3 aromatic carbocycles. The average Bonchev–Trinajstić information content (AvgIpc) is 2.69. The van der Waals surface area contributed by atoms with Crippen LogP contribution in [0.5, 0.6) is 5.75 Å². The van der Waals surface area contributed by atoms with E-state index in [1.807, 2.05) is 30.3 Å². The van der Waals surface area contributed by atoms with Crippen LogP contribution in [0, 0.1) is 10.1 Å². The van der Waals surface area contributed by atoms with Crippen molar-refractivity contribution >= 4 is 28.1 Å². The molecule has 3 rings (SSSR count). The maximum absolute atomic E-state index is 12.6. The summed E-state index contributed by atoms with van der Waals surface area (Å²) in [6.45, 7) is 0. The number of hydrogen-bond donors (Lipinski definition) is 1. The fourth-order valence-electron chi connectivity index (χ4n) is 2.42. The van der Waals surface area contributed by atoms with Crippen LogP contribution in [-0.4, -0.2) is 15.8 Å². The smallest absolute Gasteiger partial charge is 0.269 e. The van der Waals surface area contributed by atoms with Crippen molar-refractivity contribution in [3.63, 3.8) is 0 Å². The summed E-state index contributed by atoms with van der Waals surface area (Å²) in [6.07, 6.45) is 1.47. The van der Waals surface area contributed by atoms with Crippen molar-refractivity contribution in [1.29, 1.82) is 0 Å². The van der Waals surface area contributed by atoms with Crippen LogP contribution in [0.25, 0.3) is 4.91 Å². The molecule has 0 spiro atoms. The van der Waals surface area contributed by atoms with Crippen LogP contribution in [0.1, 0.15) is 15.9 Å². The fourth-order valence-corrected chi connectivity index (χ4v) is 3.36. The summed E-state index contributed by atoms with van der Waals surface area (Å²) < 4.78 is 0. The van der Waals surface area contributed by atoms with Gasteiger partial charge in [0.1, 0.15) is 5.75 Å². The van der Waals surface area contributed by atoms with E-state index in [-0.39, 0.29) is 22.8 Å². The first-order chi connectivity index (χ1) is 13.0. The Kier molecular flexibility index (Phi) is 5.68. The van der Waals surface area contributed by atoms with E-state index in [0.29, 0.717) is 4.91 Å². The molecular formula is C21H15NO4S. The number of nitrogens with zero attached hydrogens (tertiary/aromatic N) is 1. The highest BCUT2D eigenvalue weighted by atomic mass is 32.2. The van der Waals surface area contributed by atoms with Crippen LogP contribution in [0.2, 0.25) is 0 Å². The number of benzene rings is 3. The SMILES string of the molecule is O=C(/C=C(\Sc1ccc([N+](=O)[O-])cc1)c1ccccc1)c1ccccc1O. The van der Waals surface area contributed by atoms with Crippen molar-refractivity contribution in [3.05, 3.63) is 106 Å². The van der Waals surface area contributed by atoms with Gasteiger partial charge in [0.15, 0.2) is 5.78 Å². The number of nitro groups is 1. The van der Waals surface area contributed by atoms with Crippen molar-refractivity contribution < 1.29 is 14.8 Å². The first-order valence-electron chi connectivity index (χ1n) is 8.06. The highest BCUT2D eigenvalue weighted by Gasteiger charge is 2.13. The van der Waals surface area contributed by atoms with Gasteiger partial charge in [-0.15, -0.1) is 0 Å². The topological polar surface area (TPSA) is 80.4 Å². The van der Waals surface area contributed by atoms with Gasteiger partial charge in [-0.1, -0.05) is 54.2 Å². The lowest BCUT2D eigenvalue weighted by Crippen LogP contribution is -1.96. The van der Waals surface area contributed by atoms with E-state index in [1.165, 1.54) is 36.0 Å². The Morgan fingerprint density at radius 3 is 2.19 bits per heavy atom. The summed E-state index contributed by atoms with van der Waals surface area (Å²) in [5.74, 6) is -0.395. The van der Waals surface area contributed by atoms with E-state index in [4.69, 9.17) is 0 Å². The van der Waals surface area contributed by atoms with Crippen molar-refractivity contribution in [2.75, 3.05) is 0 Å². The van der Waals surface area contributed by atoms with E-state index in [0.717, 1.165) is 10.5 Å². The number of allylic oxidation sites excluding steroid dienone is 1. The Balaban J connectivity index is 1.95. The zero-order valence-corrected chi connectivity index (χ0v) is 14.9. The number of para-hydroxylation sites is 1. The van der Waals surface area contributed by atoms with Crippen molar-refractivity contribution in [2.45, 2.75) is 4.90 Å². The summed E-state index contributed by atoms with van der Waals surface area (Å²) in [5, 5.41) is 20.7. The van der Waals surface area contributed by atoms with Gasteiger partial charge in [-0.05, 0) is 29.8 Å². The molecule has 134 valence electrons. The molecule has 0 saturated heterocycles. The molecule has 0 aliphatic carbocycles. The highest BCUT2D eigenvalue weighted by molar-refractivity contribution is 8.08. The molecular weight excluding hydrogens is 362 g/mol. The Morgan fingerprint density at radius 1 is 0.926 bits per heavy atom. The normalized spacial score (nSPS) is 11.2. The molecule has 0 bridgehead atoms. The second-order valence-corrected chi connectivity index (χ2v) is 6.72. The molecule has 0 atom stereocenters. The van der Waals surface area contributed by atoms with E-state index < -0.39 is 4.92 Å². The number of non-ortho nitro benzene ring substituents is 1. The predicted octanol–water partition coefficient (Wildman–Crippen LogP) is 5.32. The number of rotatable bonds is 6. The third kappa shape index (κ3) is 4.62. The number of phenols is 1. The van der Waals surface area contributed by atoms with Gasteiger partial charge in [-0.3, -0.25) is 14.9 Å². The number of hydrogen-bond acceptors (Lipinski definition) is 5. The first kappa shape index (κ1) is 18.4. The molecule has 27 heavy (non-hydrogen) atoms. The number of ketones is 1. The number of phenolic OH excluding ortho intramolecular Hbond substituents is 1. The second kappa shape index (κ2) is 8.33. The Bertz CT molecular complexity index is 998. The van der Waals surface area contributed by atoms with Crippen LogP contribution < -0.4 is 0 Å². The molecule has 0 fully saturated rings. The summed E-state index contributed by atoms with van der Waals surface area (Å²) in [6, 6.07) is 21.9. The lowest BCUT2D eigenvalue weighted by atomic mass is 10.1. The Labute approximate surface area is 160 Å². The minimum Gasteiger partial charge on any atom is -0.507 e. The zero-order chi connectivity index (χ0) is 19.2. The molecule has 6 heteroatoms. The molecule has 1 N–H and O–H groups in total. The van der Waals surface area contributed by atoms with E-state index in [1.54, 1.807) is 30.3 Å². The summed E-state index contributed by atoms with van der Waals surface area (Å²) in [5.41, 5.74) is 1.06. The van der Waals surface area contributed by atoms with E-state index in [9.17, 15) is 20.0 Å². The van der Waals surface area contributed by atoms with E-state index in [2.05, 4.69) is 0 Å². The van der Waals surface area contributed by atoms with E-state index >= 15 is 0 Å². The predicted molar refractivity (Wildman–Crippen MR) is 106 cm³/mol. The Morgan fingerprint density at radius 2 is 1.56 bits per heavy atom. The monoisotopic (exact) mass is 377 g/mol. The molecule has 0 aliphatic rings. The maximum Gasteiger partial charge on any atom is 0.269 e. The molecule has 0 radical (unpaired) electrons. The number of nitro benzene ring substituents is 1. The molecule has 0 aromatic heterocycles. The fraction of sp³-hybridized carbons (Fsp3) is 0. The van der Waals surface area contributed by atoms with Crippen LogP contribution in [0.15, 0.2) is 89.8 Å². The average molecular weight is 377 g/mol. The van der Waals surface area contributed by atoms with Crippen LogP contribution in [0.3, 0.4) is 0 Å². The number of thioether (sulfide) groups is 1. The lowest BCUT2D eigenvalue weighted by molar-refractivity contribution is -0.384. The number of carbonyl (C=O) groups is 1. The zero-order valence-electron chi connectivity index (χ0n) is 14.1. The van der Waals surface area contributed by atoms with Gasteiger partial charge in [-0.25, -0.2) is 0 Å². The van der Waals surface area contributed by atoms with Gasteiger partial charge < -0.3 is 5.11 Å². The largest absolute Gasteiger partial charge is 0.507 e. The minimum absolute atomic E-state index is 0.00914. The van der Waals surface area contributed by atoms with Gasteiger partial charge in [0.25, 0.3) is 5.69 Å². The van der Waals surface area contributed by atoms with Gasteiger partial charge in [0.2, 0.25) is 0 Å². The van der Waals surface area contributed by atoms with Gasteiger partial charge in [-0.2, -0.15) is 0 Å². The number of carbonyl (C=O) groups excluding carboxylic acids is 1. The minimum atomic E-state index is -0.454. The molecule has 0 amide bonds. The van der Waals surface area contributed by atoms with Crippen molar-refractivity contribution in [1.82, 2.24) is 0 Å². The lowest BCUT2D eigenvalue weighted by Gasteiger charge is -2.08. The van der Waals surface area contributed by atoms with Crippen molar-refractivity contribution in [2.24, 2.45) is 0 Å². The molecule has 0 saturated carbocycles. The standard InChI is InChI=1S/C21H15NO4S/c23-19-9-5-4-8-18(19)20(24)14-21(15-6-2-1-3-7-15)27-17-12-10-16(11-13-17)22(25)26/h1-14,23H/b21-14-. The van der Waals surface area contributed by atoms with Gasteiger partial charge in [0, 0.05) is 28.0 Å². The maximum atomic E-state index is 12.6. The second-order valence-electron chi connectivity index (χ2n) is 5.61. The Hall–Kier alpha value is -3.38. The van der Waals surface area contributed by atoms with Crippen LogP contribution >= 0.6 is 11.8 Å². The quantitative estimate of drug-likeness (QED) is 0.207. The first-order valence-corrected chi connectivity index (χ1v) is 8.88. The number of aromatic hydroxyl groups is 1. The third-order valence-corrected chi connectivity index (χ3v) is 4.85. The molecule has 3 aromatic rings. The van der Waals surface area contributed by atoms with Crippen LogP contribution in [-0.2, 0) is 0 Å². The molecule has 0 unspecified atom stereocenters. The summed E-state index contributed by atoms with van der Waals surface area (Å²) in [7, 11) is 0. The molecule has 0 aliphatic heterocycles. The third-order valence-electron chi connectivity index (χ3n) is 3.77. The van der Waals surface area contributed by atoms with Crippen LogP contribution in [0.4, 0.5) is 5.69 Å². The van der Waals surface area contributed by atoms with Gasteiger partial charge >= 0.3 is 0 Å². The van der Waals surface area contributed by atoms with Crippen molar-refractivity contribution in [3.8, 4) is 5.75 Å². The highest BCUT2D eigenvalue weighted by Crippen LogP contribution is 2.35. The molecule has 0 heterocycles. The summed E-state index contributed by atoms with van der Waals surface area (Å²) >= 11 is 1.33. The molecule has 5 nitrogen and oxygen atoms in total. The van der Waals surface area contributed by atoms with Gasteiger partial charge in [0.05, 0.1) is 10.5 Å². The summed E-state index contributed by atoms with van der Waals surface area (Å²) in [4.78, 5) is 24.4.